The van der Waals surface area contributed by atoms with Crippen LogP contribution in [-0.2, 0) is 58.9 Å². The normalized spacial score (nSPS) is 21.8. The first kappa shape index (κ1) is 64.5. The van der Waals surface area contributed by atoms with Crippen LogP contribution in [0.25, 0.3) is 67.4 Å². The molecule has 6 aliphatic heterocycles. The van der Waals surface area contributed by atoms with E-state index in [0.717, 1.165) is 66.2 Å². The molecule has 4 saturated heterocycles. The Kier molecular flexibility index (Phi) is 14.8. The topological polar surface area (TPSA) is 131 Å². The van der Waals surface area contributed by atoms with E-state index in [0.29, 0.717) is 22.8 Å². The van der Waals surface area contributed by atoms with Gasteiger partial charge in [0, 0.05) is 55.1 Å². The minimum Gasteiger partial charge on any atom is -0.399 e. The summed E-state index contributed by atoms with van der Waals surface area (Å²) in [4.78, 5) is 19.8. The molecule has 12 nitrogen and oxygen atoms in total. The molecule has 0 spiro atoms. The molecule has 88 heavy (non-hydrogen) atoms. The molecule has 0 atom stereocenters. The van der Waals surface area contributed by atoms with Gasteiger partial charge in [-0.05, 0) is 202 Å². The fraction of sp³-hybridized carbons (Fsp3) is 0.556. The van der Waals surface area contributed by atoms with Crippen molar-refractivity contribution >= 4 is 84.6 Å². The first-order valence-corrected chi connectivity index (χ1v) is 32.0. The standard InChI is InChI=1S/C72H98B4N4O8/c1-61(2,3)43-29-41(30-44(33-43)62(4,5)6)59-55-35-47(73-81-65(13,14)66(15,16)82-73)51(77-55)39-53-49(75-85-69(21,22)70(23,24)86-75)37-57(79-53)60(42-31-45(63(7,8)9)34-46(32-42)64(10,11)12)58-38-50(76-87-71(25,26)72(27,28)88-76)54(80-58)40-52-48(36-56(59)78-52)74-83-67(17,18)68(19,20)84-74/h29-40,77-78H,1-28H3. The summed E-state index contributed by atoms with van der Waals surface area (Å²) >= 11 is 0. The molecule has 16 heteroatoms. The zero-order valence-electron chi connectivity index (χ0n) is 58.4. The Labute approximate surface area is 527 Å². The Morgan fingerprint density at radius 2 is 0.557 bits per heavy atom. The zero-order valence-corrected chi connectivity index (χ0v) is 58.4. The third-order valence-corrected chi connectivity index (χ3v) is 21.0. The minimum atomic E-state index is -0.790. The second-order valence-electron chi connectivity index (χ2n) is 34.1. The second-order valence-corrected chi connectivity index (χ2v) is 34.1. The van der Waals surface area contributed by atoms with E-state index in [1.165, 1.54) is 22.3 Å². The molecular formula is C72H98B4N4O8. The van der Waals surface area contributed by atoms with E-state index < -0.39 is 73.3 Å². The van der Waals surface area contributed by atoms with Crippen molar-refractivity contribution in [2.75, 3.05) is 0 Å². The average Bonchev–Trinajstić information content (AvgIpc) is 2.76. The van der Waals surface area contributed by atoms with Gasteiger partial charge in [-0.3, -0.25) is 0 Å². The average molecular weight is 1190 g/mol. The van der Waals surface area contributed by atoms with Gasteiger partial charge in [-0.15, -0.1) is 0 Å². The summed E-state index contributed by atoms with van der Waals surface area (Å²) < 4.78 is 56.5. The molecule has 0 radical (unpaired) electrons. The highest BCUT2D eigenvalue weighted by molar-refractivity contribution is 6.71. The van der Waals surface area contributed by atoms with Gasteiger partial charge in [0.2, 0.25) is 0 Å². The highest BCUT2D eigenvalue weighted by Crippen LogP contribution is 2.48. The van der Waals surface area contributed by atoms with Gasteiger partial charge in [0.05, 0.1) is 67.6 Å². The molecule has 5 aromatic rings. The summed E-state index contributed by atoms with van der Waals surface area (Å²) in [5.74, 6) is 0. The second kappa shape index (κ2) is 20.2. The summed E-state index contributed by atoms with van der Waals surface area (Å²) in [6.07, 6.45) is 4.31. The number of fused-ring (bicyclic) bond motifs is 8. The Balaban J connectivity index is 1.38. The smallest absolute Gasteiger partial charge is 0.399 e. The first-order chi connectivity index (χ1) is 40.0. The van der Waals surface area contributed by atoms with Gasteiger partial charge in [-0.2, -0.15) is 0 Å². The molecule has 11 rings (SSSR count). The largest absolute Gasteiger partial charge is 0.497 e. The van der Waals surface area contributed by atoms with Crippen LogP contribution in [0.3, 0.4) is 0 Å². The van der Waals surface area contributed by atoms with Crippen LogP contribution < -0.4 is 10.9 Å². The van der Waals surface area contributed by atoms with Crippen molar-refractivity contribution in [3.63, 3.8) is 0 Å². The lowest BCUT2D eigenvalue weighted by Crippen LogP contribution is -2.41. The molecule has 9 heterocycles. The number of nitrogens with zero attached hydrogens (tertiary/aromatic N) is 2. The van der Waals surface area contributed by atoms with E-state index in [9.17, 15) is 0 Å². The number of hydrogen-bond donors (Lipinski definition) is 2. The zero-order chi connectivity index (χ0) is 64.8. The number of aromatic nitrogens is 4. The van der Waals surface area contributed by atoms with Gasteiger partial charge >= 0.3 is 28.5 Å². The summed E-state index contributed by atoms with van der Waals surface area (Å²) in [7, 11) is -3.11. The van der Waals surface area contributed by atoms with E-state index in [4.69, 9.17) is 47.2 Å². The lowest BCUT2D eigenvalue weighted by Gasteiger charge is -2.32. The molecule has 4 fully saturated rings. The van der Waals surface area contributed by atoms with Crippen molar-refractivity contribution in [3.05, 3.63) is 106 Å². The molecule has 0 aliphatic carbocycles. The van der Waals surface area contributed by atoms with E-state index in [1.54, 1.807) is 0 Å². The van der Waals surface area contributed by atoms with Crippen LogP contribution in [0, 0.1) is 0 Å². The maximum absolute atomic E-state index is 7.07. The predicted molar refractivity (Wildman–Crippen MR) is 366 cm³/mol. The summed E-state index contributed by atoms with van der Waals surface area (Å²) in [5.41, 5.74) is 11.5. The lowest BCUT2D eigenvalue weighted by molar-refractivity contribution is 0.00578. The van der Waals surface area contributed by atoms with E-state index in [2.05, 4.69) is 277 Å². The number of hydrogen-bond acceptors (Lipinski definition) is 10. The molecule has 3 aromatic heterocycles. The molecule has 466 valence electrons. The third-order valence-electron chi connectivity index (χ3n) is 21.0. The Morgan fingerprint density at radius 1 is 0.307 bits per heavy atom. The van der Waals surface area contributed by atoms with Crippen LogP contribution >= 0.6 is 0 Å². The highest BCUT2D eigenvalue weighted by Gasteiger charge is 2.57. The summed E-state index contributed by atoms with van der Waals surface area (Å²) in [5, 5.41) is 0. The minimum absolute atomic E-state index is 0.200. The number of H-pyrrole nitrogens is 2. The van der Waals surface area contributed by atoms with Crippen LogP contribution in [0.4, 0.5) is 0 Å². The van der Waals surface area contributed by atoms with E-state index in [1.807, 2.05) is 0 Å². The van der Waals surface area contributed by atoms with Crippen LogP contribution in [0.15, 0.2) is 60.7 Å². The van der Waals surface area contributed by atoms with Gasteiger partial charge in [0.1, 0.15) is 0 Å². The van der Waals surface area contributed by atoms with E-state index in [-0.39, 0.29) is 21.7 Å². The van der Waals surface area contributed by atoms with Gasteiger partial charge in [-0.1, -0.05) is 119 Å². The fourth-order valence-corrected chi connectivity index (χ4v) is 11.9. The Morgan fingerprint density at radius 3 is 0.818 bits per heavy atom. The molecule has 0 unspecified atom stereocenters. The number of aromatic amines is 2. The first-order valence-electron chi connectivity index (χ1n) is 32.0. The van der Waals surface area contributed by atoms with Gasteiger partial charge < -0.3 is 47.2 Å². The molecule has 0 saturated carbocycles. The fourth-order valence-electron chi connectivity index (χ4n) is 11.9. The molecular weight excluding hydrogens is 1090 g/mol. The highest BCUT2D eigenvalue weighted by atomic mass is 16.7. The molecule has 0 amide bonds. The predicted octanol–water partition coefficient (Wildman–Crippen LogP) is 15.8. The maximum atomic E-state index is 7.07. The van der Waals surface area contributed by atoms with Crippen molar-refractivity contribution in [1.82, 2.24) is 19.9 Å². The van der Waals surface area contributed by atoms with E-state index >= 15 is 0 Å². The molecule has 6 aliphatic rings. The van der Waals surface area contributed by atoms with Crippen LogP contribution in [0.2, 0.25) is 0 Å². The maximum Gasteiger partial charge on any atom is 0.497 e. The summed E-state index contributed by atoms with van der Waals surface area (Å²) in [6, 6.07) is 22.8. The van der Waals surface area contributed by atoms with Gasteiger partial charge in [0.25, 0.3) is 0 Å². The van der Waals surface area contributed by atoms with Crippen molar-refractivity contribution in [2.45, 2.75) is 260 Å². The van der Waals surface area contributed by atoms with Crippen molar-refractivity contribution in [2.24, 2.45) is 0 Å². The SMILES string of the molecule is CC(C)(C)c1cc(-c2c3nc(cc4[nH]c(cc4B4OC(C)(C)C(C)(C)O4)c(-c4cc(C(C)(C)C)cc(C(C)(C)C)c4)c4cc(B5OC(C)(C)C(C)(C)O5)c(cc5nc2C=C5B2OC(C)(C)C(C)(C)O2)[nH]4)C(B2OC(C)(C)C(C)(C)O2)=C3)cc(C(C)(C)C)c1. The quantitative estimate of drug-likeness (QED) is 0.158. The molecule has 8 bridgehead atoms. The van der Waals surface area contributed by atoms with Gasteiger partial charge in [0.15, 0.2) is 0 Å². The van der Waals surface area contributed by atoms with Gasteiger partial charge in [-0.25, -0.2) is 9.97 Å². The molecule has 2 aromatic carbocycles. The summed E-state index contributed by atoms with van der Waals surface area (Å²) in [6.45, 7) is 60.9. The monoisotopic (exact) mass is 1190 g/mol. The molecule has 2 N–H and O–H groups in total. The lowest BCUT2D eigenvalue weighted by atomic mass is 9.75. The number of rotatable bonds is 6. The van der Waals surface area contributed by atoms with Crippen molar-refractivity contribution < 1.29 is 37.2 Å². The number of benzene rings is 2. The number of nitrogens with one attached hydrogen (secondary N) is 2. The van der Waals surface area contributed by atoms with Crippen LogP contribution in [0.1, 0.15) is 239 Å². The van der Waals surface area contributed by atoms with Crippen molar-refractivity contribution in [1.29, 1.82) is 0 Å². The Bertz CT molecular complexity index is 3620. The third kappa shape index (κ3) is 11.2. The van der Waals surface area contributed by atoms with Crippen LogP contribution in [0.5, 0.6) is 0 Å². The Hall–Kier alpha value is -5.02. The van der Waals surface area contributed by atoms with Crippen molar-refractivity contribution in [3.8, 4) is 22.3 Å². The van der Waals surface area contributed by atoms with Crippen LogP contribution in [-0.4, -0.2) is 93.2 Å².